The molecule has 0 saturated carbocycles. The van der Waals surface area contributed by atoms with E-state index >= 15 is 0 Å². The maximum absolute atomic E-state index is 13.0. The first-order chi connectivity index (χ1) is 13.6. The normalized spacial score (nSPS) is 11.9. The fourth-order valence-electron chi connectivity index (χ4n) is 3.19. The molecular weight excluding hydrogens is 350 g/mol. The Hall–Kier alpha value is -3.66. The number of fused-ring (bicyclic) bond motifs is 1. The van der Waals surface area contributed by atoms with Gasteiger partial charge in [-0.1, -0.05) is 78.4 Å². The maximum atomic E-state index is 13.0. The van der Waals surface area contributed by atoms with Crippen LogP contribution in [0.2, 0.25) is 0 Å². The molecule has 0 aliphatic rings. The molecule has 138 valence electrons. The first kappa shape index (κ1) is 17.7. The molecule has 3 aromatic carbocycles. The van der Waals surface area contributed by atoms with Crippen molar-refractivity contribution in [1.29, 1.82) is 0 Å². The minimum Gasteiger partial charge on any atom is -0.422 e. The van der Waals surface area contributed by atoms with E-state index in [4.69, 9.17) is 4.42 Å². The zero-order valence-electron chi connectivity index (χ0n) is 15.4. The van der Waals surface area contributed by atoms with Gasteiger partial charge in [-0.2, -0.15) is 0 Å². The molecule has 4 nitrogen and oxygen atoms in total. The first-order valence-corrected chi connectivity index (χ1v) is 9.07. The smallest absolute Gasteiger partial charge is 0.349 e. The van der Waals surface area contributed by atoms with Crippen LogP contribution < -0.4 is 10.9 Å². The molecule has 4 heteroatoms. The van der Waals surface area contributed by atoms with E-state index in [1.54, 1.807) is 18.2 Å². The Balaban J connectivity index is 1.72. The minimum atomic E-state index is -0.646. The second-order valence-corrected chi connectivity index (χ2v) is 6.71. The average Bonchev–Trinajstić information content (AvgIpc) is 2.73. The van der Waals surface area contributed by atoms with E-state index in [-0.39, 0.29) is 11.6 Å². The molecule has 0 saturated heterocycles. The number of amides is 1. The Morgan fingerprint density at radius 3 is 2.25 bits per heavy atom. The van der Waals surface area contributed by atoms with Crippen molar-refractivity contribution >= 4 is 16.9 Å². The van der Waals surface area contributed by atoms with Crippen LogP contribution in [0.4, 0.5) is 0 Å². The summed E-state index contributed by atoms with van der Waals surface area (Å²) >= 11 is 0. The van der Waals surface area contributed by atoms with E-state index < -0.39 is 11.5 Å². The first-order valence-electron chi connectivity index (χ1n) is 9.07. The number of nitrogens with one attached hydrogen (secondary N) is 1. The van der Waals surface area contributed by atoms with E-state index in [1.807, 2.05) is 73.7 Å². The Labute approximate surface area is 162 Å². The minimum absolute atomic E-state index is 0.00765. The number of para-hydroxylation sites is 1. The van der Waals surface area contributed by atoms with Gasteiger partial charge in [0.15, 0.2) is 0 Å². The third-order valence-corrected chi connectivity index (χ3v) is 4.71. The zero-order valence-corrected chi connectivity index (χ0v) is 15.4. The number of aryl methyl sites for hydroxylation is 1. The van der Waals surface area contributed by atoms with Gasteiger partial charge in [0.05, 0.1) is 6.04 Å². The van der Waals surface area contributed by atoms with Crippen LogP contribution in [-0.4, -0.2) is 5.91 Å². The van der Waals surface area contributed by atoms with E-state index in [2.05, 4.69) is 5.32 Å². The van der Waals surface area contributed by atoms with Crippen molar-refractivity contribution in [1.82, 2.24) is 5.32 Å². The van der Waals surface area contributed by atoms with Gasteiger partial charge in [0.1, 0.15) is 11.1 Å². The van der Waals surface area contributed by atoms with Gasteiger partial charge in [-0.15, -0.1) is 0 Å². The van der Waals surface area contributed by atoms with Gasteiger partial charge in [0.25, 0.3) is 5.91 Å². The molecule has 4 aromatic rings. The van der Waals surface area contributed by atoms with Gasteiger partial charge in [-0.05, 0) is 30.2 Å². The van der Waals surface area contributed by atoms with Crippen LogP contribution in [0.25, 0.3) is 11.0 Å². The molecule has 1 atom stereocenters. The second-order valence-electron chi connectivity index (χ2n) is 6.71. The highest BCUT2D eigenvalue weighted by atomic mass is 16.4. The van der Waals surface area contributed by atoms with Crippen LogP contribution in [0, 0.1) is 6.92 Å². The third kappa shape index (κ3) is 3.58. The molecule has 0 radical (unpaired) electrons. The average molecular weight is 369 g/mol. The summed E-state index contributed by atoms with van der Waals surface area (Å²) in [5.74, 6) is -0.464. The molecule has 0 aliphatic carbocycles. The molecule has 1 amide bonds. The molecule has 1 N–H and O–H groups in total. The SMILES string of the molecule is Cc1ccc(C(NC(=O)c2cc3ccccc3oc2=O)c2ccccc2)cc1. The molecule has 0 aliphatic heterocycles. The molecule has 0 fully saturated rings. The van der Waals surface area contributed by atoms with E-state index in [0.29, 0.717) is 11.0 Å². The summed E-state index contributed by atoms with van der Waals surface area (Å²) in [6.07, 6.45) is 0. The van der Waals surface area contributed by atoms with Crippen LogP contribution in [0.15, 0.2) is 94.1 Å². The lowest BCUT2D eigenvalue weighted by Gasteiger charge is -2.20. The molecule has 1 heterocycles. The van der Waals surface area contributed by atoms with Crippen molar-refractivity contribution in [2.24, 2.45) is 0 Å². The lowest BCUT2D eigenvalue weighted by molar-refractivity contribution is 0.0939. The lowest BCUT2D eigenvalue weighted by Crippen LogP contribution is -2.32. The van der Waals surface area contributed by atoms with Crippen LogP contribution in [0.1, 0.15) is 33.1 Å². The Morgan fingerprint density at radius 2 is 1.50 bits per heavy atom. The quantitative estimate of drug-likeness (QED) is 0.534. The van der Waals surface area contributed by atoms with Crippen molar-refractivity contribution in [3.05, 3.63) is 118 Å². The standard InChI is InChI=1S/C24H19NO3/c1-16-11-13-18(14-12-16)22(17-7-3-2-4-8-17)25-23(26)20-15-19-9-5-6-10-21(19)28-24(20)27/h2-15,22H,1H3,(H,25,26). The van der Waals surface area contributed by atoms with Crippen LogP contribution >= 0.6 is 0 Å². The van der Waals surface area contributed by atoms with Gasteiger partial charge in [0.2, 0.25) is 0 Å². The Morgan fingerprint density at radius 1 is 0.857 bits per heavy atom. The molecule has 28 heavy (non-hydrogen) atoms. The summed E-state index contributed by atoms with van der Waals surface area (Å²) in [4.78, 5) is 25.3. The second kappa shape index (κ2) is 7.53. The summed E-state index contributed by atoms with van der Waals surface area (Å²) < 4.78 is 5.31. The predicted octanol–water partition coefficient (Wildman–Crippen LogP) is 4.62. The molecule has 1 unspecified atom stereocenters. The highest BCUT2D eigenvalue weighted by Gasteiger charge is 2.20. The topological polar surface area (TPSA) is 59.3 Å². The largest absolute Gasteiger partial charge is 0.422 e. The van der Waals surface area contributed by atoms with Crippen molar-refractivity contribution in [3.63, 3.8) is 0 Å². The molecule has 0 spiro atoms. The van der Waals surface area contributed by atoms with Gasteiger partial charge in [-0.3, -0.25) is 4.79 Å². The number of hydrogen-bond donors (Lipinski definition) is 1. The zero-order chi connectivity index (χ0) is 19.5. The Kier molecular flexibility index (Phi) is 4.77. The van der Waals surface area contributed by atoms with Gasteiger partial charge >= 0.3 is 5.63 Å². The van der Waals surface area contributed by atoms with E-state index in [9.17, 15) is 9.59 Å². The summed E-state index contributed by atoms with van der Waals surface area (Å²) in [7, 11) is 0. The van der Waals surface area contributed by atoms with Crippen molar-refractivity contribution < 1.29 is 9.21 Å². The predicted molar refractivity (Wildman–Crippen MR) is 109 cm³/mol. The van der Waals surface area contributed by atoms with Gasteiger partial charge < -0.3 is 9.73 Å². The van der Waals surface area contributed by atoms with Crippen LogP contribution in [0.5, 0.6) is 0 Å². The van der Waals surface area contributed by atoms with Gasteiger partial charge in [-0.25, -0.2) is 4.79 Å². The molecular formula is C24H19NO3. The number of hydrogen-bond acceptors (Lipinski definition) is 3. The third-order valence-electron chi connectivity index (χ3n) is 4.71. The number of rotatable bonds is 4. The number of carbonyl (C=O) groups excluding carboxylic acids is 1. The monoisotopic (exact) mass is 369 g/mol. The summed E-state index contributed by atoms with van der Waals surface area (Å²) in [5, 5.41) is 3.70. The molecule has 0 bridgehead atoms. The van der Waals surface area contributed by atoms with E-state index in [1.165, 1.54) is 0 Å². The van der Waals surface area contributed by atoms with Gasteiger partial charge in [0, 0.05) is 5.39 Å². The maximum Gasteiger partial charge on any atom is 0.349 e. The number of benzene rings is 3. The molecule has 1 aromatic heterocycles. The highest BCUT2D eigenvalue weighted by Crippen LogP contribution is 2.23. The molecule has 4 rings (SSSR count). The van der Waals surface area contributed by atoms with E-state index in [0.717, 1.165) is 16.7 Å². The summed E-state index contributed by atoms with van der Waals surface area (Å²) in [6.45, 7) is 2.01. The summed E-state index contributed by atoms with van der Waals surface area (Å²) in [6, 6.07) is 26.0. The summed E-state index contributed by atoms with van der Waals surface area (Å²) in [5.41, 5.74) is 2.82. The van der Waals surface area contributed by atoms with Crippen molar-refractivity contribution in [3.8, 4) is 0 Å². The fraction of sp³-hybridized carbons (Fsp3) is 0.0833. The Bertz CT molecular complexity index is 1180. The van der Waals surface area contributed by atoms with Crippen LogP contribution in [0.3, 0.4) is 0 Å². The fourth-order valence-corrected chi connectivity index (χ4v) is 3.19. The van der Waals surface area contributed by atoms with Crippen LogP contribution in [-0.2, 0) is 0 Å². The highest BCUT2D eigenvalue weighted by molar-refractivity contribution is 5.97. The van der Waals surface area contributed by atoms with Crippen molar-refractivity contribution in [2.75, 3.05) is 0 Å². The number of carbonyl (C=O) groups is 1. The lowest BCUT2D eigenvalue weighted by atomic mass is 9.97. The van der Waals surface area contributed by atoms with Crippen molar-refractivity contribution in [2.45, 2.75) is 13.0 Å².